The van der Waals surface area contributed by atoms with Gasteiger partial charge in [0.05, 0.1) is 16.4 Å². The van der Waals surface area contributed by atoms with Crippen molar-refractivity contribution in [2.75, 3.05) is 19.3 Å². The fourth-order valence-electron chi connectivity index (χ4n) is 2.22. The molecule has 0 saturated heterocycles. The highest BCUT2D eigenvalue weighted by molar-refractivity contribution is 7.85. The Morgan fingerprint density at radius 3 is 2.46 bits per heavy atom. The molecule has 2 aromatic carbocycles. The Morgan fingerprint density at radius 1 is 1.08 bits per heavy atom. The molecule has 1 unspecified atom stereocenters. The summed E-state index contributed by atoms with van der Waals surface area (Å²) in [6.07, 6.45) is -4.36. The van der Waals surface area contributed by atoms with Gasteiger partial charge in [0.1, 0.15) is 0 Å². The number of alkyl halides is 3. The van der Waals surface area contributed by atoms with E-state index in [2.05, 4.69) is 15.6 Å². The van der Waals surface area contributed by atoms with Gasteiger partial charge in [-0.25, -0.2) is 0 Å². The second-order valence-electron chi connectivity index (χ2n) is 5.41. The third-order valence-electron chi connectivity index (χ3n) is 3.52. The van der Waals surface area contributed by atoms with Gasteiger partial charge in [-0.2, -0.15) is 13.2 Å². The van der Waals surface area contributed by atoms with Crippen LogP contribution >= 0.6 is 0 Å². The number of nitrogens with one attached hydrogen (secondary N) is 2. The lowest BCUT2D eigenvalue weighted by Crippen LogP contribution is -2.38. The highest BCUT2D eigenvalue weighted by atomic mass is 32.2. The molecule has 0 aliphatic heterocycles. The predicted molar refractivity (Wildman–Crippen MR) is 97.4 cm³/mol. The first-order chi connectivity index (χ1) is 12.4. The molecule has 0 radical (unpaired) electrons. The summed E-state index contributed by atoms with van der Waals surface area (Å²) in [4.78, 5) is 4.77. The summed E-state index contributed by atoms with van der Waals surface area (Å²) in [6, 6.07) is 14.2. The van der Waals surface area contributed by atoms with Gasteiger partial charge < -0.3 is 10.6 Å². The van der Waals surface area contributed by atoms with Crippen LogP contribution in [-0.2, 0) is 23.5 Å². The van der Waals surface area contributed by atoms with Gasteiger partial charge in [0.25, 0.3) is 0 Å². The number of rotatable bonds is 6. The summed E-state index contributed by atoms with van der Waals surface area (Å²) in [5.74, 6) is 0.835. The standard InChI is InChI=1S/C18H20F3N3OS/c1-22-17(23-10-11-26(25)16-8-3-2-4-9-16)24-13-14-6-5-7-15(12-14)18(19,20)21/h2-9,12H,10-11,13H2,1H3,(H2,22,23,24). The number of hydrogen-bond donors (Lipinski definition) is 2. The maximum atomic E-state index is 12.7. The maximum absolute atomic E-state index is 12.7. The molecule has 4 nitrogen and oxygen atoms in total. The van der Waals surface area contributed by atoms with Crippen LogP contribution in [0.3, 0.4) is 0 Å². The largest absolute Gasteiger partial charge is 0.416 e. The highest BCUT2D eigenvalue weighted by Crippen LogP contribution is 2.29. The molecule has 8 heteroatoms. The summed E-state index contributed by atoms with van der Waals surface area (Å²) in [5.41, 5.74) is -0.186. The smallest absolute Gasteiger partial charge is 0.355 e. The normalized spacial score (nSPS) is 13.3. The average Bonchev–Trinajstić information content (AvgIpc) is 2.64. The van der Waals surface area contributed by atoms with Gasteiger partial charge >= 0.3 is 6.18 Å². The van der Waals surface area contributed by atoms with Crippen LogP contribution in [-0.4, -0.2) is 29.5 Å². The molecular formula is C18H20F3N3OS. The van der Waals surface area contributed by atoms with E-state index in [1.54, 1.807) is 25.2 Å². The van der Waals surface area contributed by atoms with E-state index in [0.717, 1.165) is 17.0 Å². The van der Waals surface area contributed by atoms with Crippen molar-refractivity contribution in [3.8, 4) is 0 Å². The van der Waals surface area contributed by atoms with Crippen molar-refractivity contribution in [2.45, 2.75) is 17.6 Å². The van der Waals surface area contributed by atoms with E-state index in [-0.39, 0.29) is 6.54 Å². The molecule has 0 aliphatic rings. The number of benzene rings is 2. The molecule has 2 N–H and O–H groups in total. The second kappa shape index (κ2) is 9.38. The molecule has 1 atom stereocenters. The van der Waals surface area contributed by atoms with Crippen LogP contribution in [0.2, 0.25) is 0 Å². The van der Waals surface area contributed by atoms with E-state index in [1.807, 2.05) is 18.2 Å². The summed E-state index contributed by atoms with van der Waals surface area (Å²) < 4.78 is 50.3. The molecule has 26 heavy (non-hydrogen) atoms. The molecule has 2 aromatic rings. The number of halogens is 3. The minimum Gasteiger partial charge on any atom is -0.355 e. The fourth-order valence-corrected chi connectivity index (χ4v) is 3.20. The molecule has 140 valence electrons. The number of nitrogens with zero attached hydrogens (tertiary/aromatic N) is 1. The van der Waals surface area contributed by atoms with E-state index >= 15 is 0 Å². The van der Waals surface area contributed by atoms with Gasteiger partial charge in [0, 0.05) is 30.8 Å². The average molecular weight is 383 g/mol. The van der Waals surface area contributed by atoms with Gasteiger partial charge in [-0.3, -0.25) is 9.20 Å². The van der Waals surface area contributed by atoms with Crippen molar-refractivity contribution >= 4 is 16.8 Å². The first-order valence-electron chi connectivity index (χ1n) is 7.94. The molecular weight excluding hydrogens is 363 g/mol. The van der Waals surface area contributed by atoms with E-state index in [9.17, 15) is 17.4 Å². The molecule has 0 aromatic heterocycles. The van der Waals surface area contributed by atoms with Crippen LogP contribution in [0.5, 0.6) is 0 Å². The molecule has 0 amide bonds. The molecule has 0 fully saturated rings. The van der Waals surface area contributed by atoms with Crippen LogP contribution in [0.15, 0.2) is 64.5 Å². The van der Waals surface area contributed by atoms with Crippen LogP contribution in [0.4, 0.5) is 13.2 Å². The Bertz CT molecular complexity index is 764. The van der Waals surface area contributed by atoms with Gasteiger partial charge in [0.15, 0.2) is 5.96 Å². The summed E-state index contributed by atoms with van der Waals surface area (Å²) in [5, 5.41) is 5.96. The summed E-state index contributed by atoms with van der Waals surface area (Å²) >= 11 is 0. The first-order valence-corrected chi connectivity index (χ1v) is 9.26. The van der Waals surface area contributed by atoms with Crippen molar-refractivity contribution in [2.24, 2.45) is 4.99 Å². The Labute approximate surface area is 153 Å². The molecule has 0 heterocycles. The quantitative estimate of drug-likeness (QED) is 0.595. The minimum atomic E-state index is -4.36. The zero-order valence-electron chi connectivity index (χ0n) is 14.2. The van der Waals surface area contributed by atoms with Gasteiger partial charge in [-0.15, -0.1) is 0 Å². The zero-order chi connectivity index (χ0) is 19.0. The summed E-state index contributed by atoms with van der Waals surface area (Å²) in [7, 11) is 0.440. The van der Waals surface area contributed by atoms with Crippen LogP contribution in [0.25, 0.3) is 0 Å². The third kappa shape index (κ3) is 6.18. The number of hydrogen-bond acceptors (Lipinski definition) is 2. The van der Waals surface area contributed by atoms with Crippen molar-refractivity contribution < 1.29 is 17.4 Å². The molecule has 0 aliphatic carbocycles. The van der Waals surface area contributed by atoms with Gasteiger partial charge in [-0.05, 0) is 29.8 Å². The molecule has 0 bridgehead atoms. The lowest BCUT2D eigenvalue weighted by atomic mass is 10.1. The van der Waals surface area contributed by atoms with Crippen molar-refractivity contribution in [3.05, 3.63) is 65.7 Å². The minimum absolute atomic E-state index is 0.200. The highest BCUT2D eigenvalue weighted by Gasteiger charge is 2.30. The Morgan fingerprint density at radius 2 is 1.81 bits per heavy atom. The fraction of sp³-hybridized carbons (Fsp3) is 0.278. The molecule has 0 saturated carbocycles. The van der Waals surface area contributed by atoms with Gasteiger partial charge in [0.2, 0.25) is 0 Å². The third-order valence-corrected chi connectivity index (χ3v) is 4.90. The van der Waals surface area contributed by atoms with E-state index in [4.69, 9.17) is 0 Å². The monoisotopic (exact) mass is 383 g/mol. The Kier molecular flexibility index (Phi) is 7.20. The Balaban J connectivity index is 1.82. The Hall–Kier alpha value is -2.35. The van der Waals surface area contributed by atoms with Crippen LogP contribution < -0.4 is 10.6 Å². The van der Waals surface area contributed by atoms with Crippen LogP contribution in [0.1, 0.15) is 11.1 Å². The lowest BCUT2D eigenvalue weighted by Gasteiger charge is -2.13. The molecule has 0 spiro atoms. The molecule has 2 rings (SSSR count). The summed E-state index contributed by atoms with van der Waals surface area (Å²) in [6.45, 7) is 0.620. The number of guanidine groups is 1. The topological polar surface area (TPSA) is 53.5 Å². The SMILES string of the molecule is CN=C(NCCS(=O)c1ccccc1)NCc1cccc(C(F)(F)F)c1. The van der Waals surface area contributed by atoms with Crippen molar-refractivity contribution in [1.29, 1.82) is 0 Å². The number of aliphatic imine (C=N–C) groups is 1. The van der Waals surface area contributed by atoms with E-state index in [0.29, 0.717) is 23.8 Å². The second-order valence-corrected chi connectivity index (χ2v) is 6.98. The zero-order valence-corrected chi connectivity index (χ0v) is 15.0. The van der Waals surface area contributed by atoms with Crippen LogP contribution in [0, 0.1) is 0 Å². The van der Waals surface area contributed by atoms with E-state index in [1.165, 1.54) is 6.07 Å². The van der Waals surface area contributed by atoms with Crippen molar-refractivity contribution in [1.82, 2.24) is 10.6 Å². The predicted octanol–water partition coefficient (Wildman–Crippen LogP) is 3.18. The first kappa shape index (κ1) is 20.0. The van der Waals surface area contributed by atoms with Crippen molar-refractivity contribution in [3.63, 3.8) is 0 Å². The lowest BCUT2D eigenvalue weighted by molar-refractivity contribution is -0.137. The van der Waals surface area contributed by atoms with Gasteiger partial charge in [-0.1, -0.05) is 30.3 Å². The van der Waals surface area contributed by atoms with E-state index < -0.39 is 22.5 Å². The maximum Gasteiger partial charge on any atom is 0.416 e.